The second-order valence-electron chi connectivity index (χ2n) is 5.45. The van der Waals surface area contributed by atoms with E-state index in [2.05, 4.69) is 27.4 Å². The van der Waals surface area contributed by atoms with Crippen LogP contribution in [-0.4, -0.2) is 21.9 Å². The van der Waals surface area contributed by atoms with E-state index in [1.807, 2.05) is 36.4 Å². The van der Waals surface area contributed by atoms with Crippen molar-refractivity contribution < 1.29 is 4.79 Å². The standard InChI is InChI=1S/C17H15N3O/c21-17(16-19-14-7-3-4-8-15(14)20-16)18-13-9-11-5-1-2-6-12(11)10-13/h1-8,13H,9-10H2,(H,18,21)(H,19,20). The number of H-pyrrole nitrogens is 1. The minimum atomic E-state index is -0.135. The number of aromatic nitrogens is 2. The van der Waals surface area contributed by atoms with Crippen LogP contribution in [0.3, 0.4) is 0 Å². The highest BCUT2D eigenvalue weighted by Gasteiger charge is 2.23. The molecule has 0 bridgehead atoms. The van der Waals surface area contributed by atoms with Gasteiger partial charge in [0.25, 0.3) is 5.91 Å². The van der Waals surface area contributed by atoms with Gasteiger partial charge in [-0.25, -0.2) is 4.98 Å². The van der Waals surface area contributed by atoms with Gasteiger partial charge in [0.05, 0.1) is 11.0 Å². The number of carbonyl (C=O) groups excluding carboxylic acids is 1. The van der Waals surface area contributed by atoms with Crippen LogP contribution in [0.5, 0.6) is 0 Å². The number of imidazole rings is 1. The molecule has 0 unspecified atom stereocenters. The molecule has 0 saturated carbocycles. The van der Waals surface area contributed by atoms with E-state index in [9.17, 15) is 4.79 Å². The molecule has 4 heteroatoms. The third-order valence-electron chi connectivity index (χ3n) is 3.99. The van der Waals surface area contributed by atoms with E-state index in [1.54, 1.807) is 0 Å². The molecule has 0 aliphatic heterocycles. The topological polar surface area (TPSA) is 57.8 Å². The maximum Gasteiger partial charge on any atom is 0.287 e. The molecule has 2 aromatic carbocycles. The van der Waals surface area contributed by atoms with Crippen LogP contribution in [0.1, 0.15) is 21.7 Å². The molecule has 3 aromatic rings. The van der Waals surface area contributed by atoms with E-state index in [0.717, 1.165) is 23.9 Å². The van der Waals surface area contributed by atoms with E-state index in [-0.39, 0.29) is 11.9 Å². The van der Waals surface area contributed by atoms with Crippen LogP contribution in [0.2, 0.25) is 0 Å². The summed E-state index contributed by atoms with van der Waals surface area (Å²) < 4.78 is 0. The zero-order chi connectivity index (χ0) is 14.2. The van der Waals surface area contributed by atoms with Crippen LogP contribution in [0.4, 0.5) is 0 Å². The van der Waals surface area contributed by atoms with Crippen LogP contribution in [0.25, 0.3) is 11.0 Å². The van der Waals surface area contributed by atoms with Crippen molar-refractivity contribution in [2.45, 2.75) is 18.9 Å². The second-order valence-corrected chi connectivity index (χ2v) is 5.45. The van der Waals surface area contributed by atoms with Crippen LogP contribution >= 0.6 is 0 Å². The number of para-hydroxylation sites is 2. The number of nitrogens with zero attached hydrogens (tertiary/aromatic N) is 1. The van der Waals surface area contributed by atoms with Crippen molar-refractivity contribution in [1.29, 1.82) is 0 Å². The fourth-order valence-corrected chi connectivity index (χ4v) is 2.98. The summed E-state index contributed by atoms with van der Waals surface area (Å²) in [4.78, 5) is 19.7. The molecule has 1 aliphatic rings. The molecule has 2 N–H and O–H groups in total. The van der Waals surface area contributed by atoms with Crippen LogP contribution in [0, 0.1) is 0 Å². The van der Waals surface area contributed by atoms with Gasteiger partial charge in [-0.1, -0.05) is 36.4 Å². The molecule has 0 radical (unpaired) electrons. The first kappa shape index (κ1) is 12.1. The predicted octanol–water partition coefficient (Wildman–Crippen LogP) is 2.46. The van der Waals surface area contributed by atoms with Crippen LogP contribution < -0.4 is 5.32 Å². The maximum absolute atomic E-state index is 12.3. The molecule has 1 heterocycles. The smallest absolute Gasteiger partial charge is 0.287 e. The lowest BCUT2D eigenvalue weighted by atomic mass is 10.1. The molecule has 1 aromatic heterocycles. The van der Waals surface area contributed by atoms with Gasteiger partial charge < -0.3 is 10.3 Å². The van der Waals surface area contributed by atoms with E-state index in [4.69, 9.17) is 0 Å². The van der Waals surface area contributed by atoms with Crippen molar-refractivity contribution >= 4 is 16.9 Å². The number of fused-ring (bicyclic) bond motifs is 2. The SMILES string of the molecule is O=C(NC1Cc2ccccc2C1)c1nc2ccccc2[nH]1. The van der Waals surface area contributed by atoms with Gasteiger partial charge in [-0.05, 0) is 36.1 Å². The predicted molar refractivity (Wildman–Crippen MR) is 81.2 cm³/mol. The Kier molecular flexibility index (Phi) is 2.74. The van der Waals surface area contributed by atoms with Crippen LogP contribution in [-0.2, 0) is 12.8 Å². The number of hydrogen-bond donors (Lipinski definition) is 2. The zero-order valence-electron chi connectivity index (χ0n) is 11.5. The van der Waals surface area contributed by atoms with Crippen LogP contribution in [0.15, 0.2) is 48.5 Å². The quantitative estimate of drug-likeness (QED) is 0.756. The Morgan fingerprint density at radius 3 is 2.43 bits per heavy atom. The Bertz CT molecular complexity index is 764. The van der Waals surface area contributed by atoms with Gasteiger partial charge in [0.1, 0.15) is 0 Å². The van der Waals surface area contributed by atoms with Gasteiger partial charge in [-0.3, -0.25) is 4.79 Å². The summed E-state index contributed by atoms with van der Waals surface area (Å²) in [5, 5.41) is 3.07. The Labute approximate surface area is 122 Å². The molecule has 0 saturated heterocycles. The average molecular weight is 277 g/mol. The Balaban J connectivity index is 1.52. The van der Waals surface area contributed by atoms with E-state index in [1.165, 1.54) is 11.1 Å². The largest absolute Gasteiger partial charge is 0.346 e. The third kappa shape index (κ3) is 2.18. The number of nitrogens with one attached hydrogen (secondary N) is 2. The fourth-order valence-electron chi connectivity index (χ4n) is 2.98. The second kappa shape index (κ2) is 4.74. The summed E-state index contributed by atoms with van der Waals surface area (Å²) in [5.74, 6) is 0.246. The highest BCUT2D eigenvalue weighted by molar-refractivity contribution is 5.94. The van der Waals surface area contributed by atoms with Gasteiger partial charge >= 0.3 is 0 Å². The minimum Gasteiger partial charge on any atom is -0.346 e. The molecule has 4 nitrogen and oxygen atoms in total. The number of aromatic amines is 1. The van der Waals surface area contributed by atoms with E-state index >= 15 is 0 Å². The highest BCUT2D eigenvalue weighted by Crippen LogP contribution is 2.22. The lowest BCUT2D eigenvalue weighted by Gasteiger charge is -2.10. The van der Waals surface area contributed by atoms with Crippen molar-refractivity contribution in [1.82, 2.24) is 15.3 Å². The fraction of sp³-hybridized carbons (Fsp3) is 0.176. The van der Waals surface area contributed by atoms with Crippen molar-refractivity contribution in [2.24, 2.45) is 0 Å². The first-order valence-electron chi connectivity index (χ1n) is 7.12. The van der Waals surface area contributed by atoms with Crippen molar-refractivity contribution in [3.8, 4) is 0 Å². The van der Waals surface area contributed by atoms with Gasteiger partial charge in [-0.2, -0.15) is 0 Å². The molecular formula is C17H15N3O. The molecule has 0 fully saturated rings. The Morgan fingerprint density at radius 2 is 1.71 bits per heavy atom. The van der Waals surface area contributed by atoms with Gasteiger partial charge in [-0.15, -0.1) is 0 Å². The lowest BCUT2D eigenvalue weighted by Crippen LogP contribution is -2.35. The number of amides is 1. The third-order valence-corrected chi connectivity index (χ3v) is 3.99. The summed E-state index contributed by atoms with van der Waals surface area (Å²) in [6, 6.07) is 16.2. The molecule has 0 spiro atoms. The summed E-state index contributed by atoms with van der Waals surface area (Å²) in [7, 11) is 0. The number of hydrogen-bond acceptors (Lipinski definition) is 2. The molecule has 0 atom stereocenters. The molecular weight excluding hydrogens is 262 g/mol. The number of carbonyl (C=O) groups is 1. The molecule has 21 heavy (non-hydrogen) atoms. The summed E-state index contributed by atoms with van der Waals surface area (Å²) in [6.45, 7) is 0. The number of rotatable bonds is 2. The normalized spacial score (nSPS) is 14.3. The first-order valence-corrected chi connectivity index (χ1v) is 7.12. The average Bonchev–Trinajstić information content (AvgIpc) is 3.10. The van der Waals surface area contributed by atoms with Crippen molar-refractivity contribution in [2.75, 3.05) is 0 Å². The van der Waals surface area contributed by atoms with Gasteiger partial charge in [0, 0.05) is 6.04 Å². The monoisotopic (exact) mass is 277 g/mol. The Morgan fingerprint density at radius 1 is 1.05 bits per heavy atom. The van der Waals surface area contributed by atoms with Crippen molar-refractivity contribution in [3.05, 3.63) is 65.5 Å². The molecule has 1 amide bonds. The summed E-state index contributed by atoms with van der Waals surface area (Å²) >= 11 is 0. The molecule has 1 aliphatic carbocycles. The van der Waals surface area contributed by atoms with Crippen molar-refractivity contribution in [3.63, 3.8) is 0 Å². The summed E-state index contributed by atoms with van der Waals surface area (Å²) in [6.07, 6.45) is 1.78. The molecule has 104 valence electrons. The zero-order valence-corrected chi connectivity index (χ0v) is 11.5. The number of benzene rings is 2. The first-order chi connectivity index (χ1) is 10.3. The minimum absolute atomic E-state index is 0.135. The highest BCUT2D eigenvalue weighted by atomic mass is 16.2. The van der Waals surface area contributed by atoms with E-state index in [0.29, 0.717) is 5.82 Å². The maximum atomic E-state index is 12.3. The van der Waals surface area contributed by atoms with Gasteiger partial charge in [0.15, 0.2) is 5.82 Å². The van der Waals surface area contributed by atoms with Gasteiger partial charge in [0.2, 0.25) is 0 Å². The lowest BCUT2D eigenvalue weighted by molar-refractivity contribution is 0.0929. The molecule has 4 rings (SSSR count). The summed E-state index contributed by atoms with van der Waals surface area (Å²) in [5.41, 5.74) is 4.36. The Hall–Kier alpha value is -2.62. The van der Waals surface area contributed by atoms with E-state index < -0.39 is 0 Å².